The lowest BCUT2D eigenvalue weighted by Gasteiger charge is -1.98. The van der Waals surface area contributed by atoms with Gasteiger partial charge in [0.05, 0.1) is 30.1 Å². The molecule has 1 N–H and O–H groups in total. The van der Waals surface area contributed by atoms with E-state index < -0.39 is 5.97 Å². The lowest BCUT2D eigenvalue weighted by Crippen LogP contribution is -2.01. The zero-order valence-electron chi connectivity index (χ0n) is 7.98. The minimum atomic E-state index is -0.468. The van der Waals surface area contributed by atoms with Crippen molar-refractivity contribution in [1.29, 1.82) is 0 Å². The van der Waals surface area contributed by atoms with Crippen LogP contribution in [0.25, 0.3) is 10.9 Å². The van der Waals surface area contributed by atoms with E-state index in [1.807, 2.05) is 0 Å². The lowest BCUT2D eigenvalue weighted by molar-refractivity contribution is 0.0602. The summed E-state index contributed by atoms with van der Waals surface area (Å²) in [7, 11) is 1.30. The van der Waals surface area contributed by atoms with Crippen molar-refractivity contribution < 1.29 is 14.3 Å². The van der Waals surface area contributed by atoms with Gasteiger partial charge in [0, 0.05) is 11.6 Å². The van der Waals surface area contributed by atoms with Crippen molar-refractivity contribution in [2.24, 2.45) is 0 Å². The van der Waals surface area contributed by atoms with Crippen LogP contribution in [0.15, 0.2) is 18.5 Å². The summed E-state index contributed by atoms with van der Waals surface area (Å²) in [5.74, 6) is -0.468. The second kappa shape index (κ2) is 3.53. The molecule has 5 heteroatoms. The summed E-state index contributed by atoms with van der Waals surface area (Å²) in [6.07, 6.45) is 3.65. The maximum atomic E-state index is 11.4. The van der Waals surface area contributed by atoms with Gasteiger partial charge in [-0.25, -0.2) is 4.79 Å². The van der Waals surface area contributed by atoms with Gasteiger partial charge in [-0.3, -0.25) is 9.78 Å². The van der Waals surface area contributed by atoms with E-state index in [-0.39, 0.29) is 0 Å². The summed E-state index contributed by atoms with van der Waals surface area (Å²) < 4.78 is 4.61. The number of aromatic amines is 1. The molecule has 2 heterocycles. The van der Waals surface area contributed by atoms with Crippen molar-refractivity contribution in [3.8, 4) is 0 Å². The Morgan fingerprint density at radius 3 is 3.00 bits per heavy atom. The number of aldehydes is 1. The zero-order valence-corrected chi connectivity index (χ0v) is 7.98. The molecule has 76 valence electrons. The maximum Gasteiger partial charge on any atom is 0.340 e. The van der Waals surface area contributed by atoms with Crippen LogP contribution in [0.4, 0.5) is 0 Å². The first-order valence-electron chi connectivity index (χ1n) is 4.26. The van der Waals surface area contributed by atoms with E-state index in [9.17, 15) is 9.59 Å². The fraction of sp³-hybridized carbons (Fsp3) is 0.100. The number of carbonyl (C=O) groups is 2. The van der Waals surface area contributed by atoms with Crippen LogP contribution in [0, 0.1) is 0 Å². The third-order valence-electron chi connectivity index (χ3n) is 2.10. The molecule has 0 aliphatic rings. The smallest absolute Gasteiger partial charge is 0.340 e. The topological polar surface area (TPSA) is 72.0 Å². The number of fused-ring (bicyclic) bond motifs is 1. The van der Waals surface area contributed by atoms with Gasteiger partial charge < -0.3 is 9.72 Å². The van der Waals surface area contributed by atoms with E-state index in [1.54, 1.807) is 12.3 Å². The molecule has 0 spiro atoms. The quantitative estimate of drug-likeness (QED) is 0.588. The summed E-state index contributed by atoms with van der Waals surface area (Å²) in [4.78, 5) is 28.6. The highest BCUT2D eigenvalue weighted by atomic mass is 16.5. The van der Waals surface area contributed by atoms with Gasteiger partial charge in [0.1, 0.15) is 0 Å². The number of methoxy groups -OCH3 is 1. The SMILES string of the molecule is COC(=O)c1cncc2[nH]c(C=O)cc12. The Morgan fingerprint density at radius 1 is 1.53 bits per heavy atom. The van der Waals surface area contributed by atoms with Gasteiger partial charge in [-0.15, -0.1) is 0 Å². The third-order valence-corrected chi connectivity index (χ3v) is 2.10. The molecule has 0 saturated heterocycles. The van der Waals surface area contributed by atoms with E-state index in [1.165, 1.54) is 13.3 Å². The Balaban J connectivity index is 2.69. The van der Waals surface area contributed by atoms with E-state index in [0.717, 1.165) is 0 Å². The Labute approximate surface area is 85.1 Å². The molecule has 5 nitrogen and oxygen atoms in total. The molecule has 2 aromatic heterocycles. The molecule has 0 atom stereocenters. The number of nitrogens with zero attached hydrogens (tertiary/aromatic N) is 1. The van der Waals surface area contributed by atoms with E-state index in [2.05, 4.69) is 14.7 Å². The molecule has 0 aromatic carbocycles. The fourth-order valence-corrected chi connectivity index (χ4v) is 1.41. The second-order valence-electron chi connectivity index (χ2n) is 2.98. The number of H-pyrrole nitrogens is 1. The average molecular weight is 204 g/mol. The van der Waals surface area contributed by atoms with Crippen LogP contribution in [0.5, 0.6) is 0 Å². The number of pyridine rings is 1. The number of hydrogen-bond donors (Lipinski definition) is 1. The molecular weight excluding hydrogens is 196 g/mol. The lowest BCUT2D eigenvalue weighted by atomic mass is 10.2. The van der Waals surface area contributed by atoms with E-state index >= 15 is 0 Å². The molecule has 0 aliphatic heterocycles. The highest BCUT2D eigenvalue weighted by Gasteiger charge is 2.12. The van der Waals surface area contributed by atoms with Crippen molar-refractivity contribution in [3.05, 3.63) is 29.7 Å². The van der Waals surface area contributed by atoms with Crippen molar-refractivity contribution in [2.45, 2.75) is 0 Å². The summed E-state index contributed by atoms with van der Waals surface area (Å²) in [6.45, 7) is 0. The van der Waals surface area contributed by atoms with Crippen molar-refractivity contribution >= 4 is 23.2 Å². The first-order valence-corrected chi connectivity index (χ1v) is 4.26. The van der Waals surface area contributed by atoms with Gasteiger partial charge >= 0.3 is 5.97 Å². The monoisotopic (exact) mass is 204 g/mol. The second-order valence-corrected chi connectivity index (χ2v) is 2.98. The average Bonchev–Trinajstić information content (AvgIpc) is 2.70. The summed E-state index contributed by atoms with van der Waals surface area (Å²) in [5, 5.41) is 0.638. The van der Waals surface area contributed by atoms with Crippen LogP contribution >= 0.6 is 0 Å². The normalized spacial score (nSPS) is 10.2. The van der Waals surface area contributed by atoms with Gasteiger partial charge in [-0.2, -0.15) is 0 Å². The van der Waals surface area contributed by atoms with Crippen LogP contribution in [-0.2, 0) is 4.74 Å². The highest BCUT2D eigenvalue weighted by molar-refractivity contribution is 6.04. The molecule has 15 heavy (non-hydrogen) atoms. The first kappa shape index (κ1) is 9.39. The van der Waals surface area contributed by atoms with Crippen molar-refractivity contribution in [3.63, 3.8) is 0 Å². The van der Waals surface area contributed by atoms with E-state index in [0.29, 0.717) is 28.4 Å². The predicted octanol–water partition coefficient (Wildman–Crippen LogP) is 1.16. The van der Waals surface area contributed by atoms with E-state index in [4.69, 9.17) is 0 Å². The molecule has 0 unspecified atom stereocenters. The van der Waals surface area contributed by atoms with Crippen LogP contribution < -0.4 is 0 Å². The van der Waals surface area contributed by atoms with Crippen LogP contribution in [0.3, 0.4) is 0 Å². The van der Waals surface area contributed by atoms with Gasteiger partial charge in [0.25, 0.3) is 0 Å². The van der Waals surface area contributed by atoms with Crippen LogP contribution in [-0.4, -0.2) is 29.3 Å². The molecule has 0 bridgehead atoms. The number of ether oxygens (including phenoxy) is 1. The number of rotatable bonds is 2. The molecular formula is C10H8N2O3. The largest absolute Gasteiger partial charge is 0.465 e. The Bertz CT molecular complexity index is 530. The molecule has 0 fully saturated rings. The number of esters is 1. The molecule has 2 rings (SSSR count). The number of nitrogens with one attached hydrogen (secondary N) is 1. The van der Waals surface area contributed by atoms with Gasteiger partial charge in [0.15, 0.2) is 6.29 Å². The number of aromatic nitrogens is 2. The van der Waals surface area contributed by atoms with Crippen LogP contribution in [0.2, 0.25) is 0 Å². The van der Waals surface area contributed by atoms with Gasteiger partial charge in [-0.05, 0) is 6.07 Å². The summed E-state index contributed by atoms with van der Waals surface area (Å²) >= 11 is 0. The summed E-state index contributed by atoms with van der Waals surface area (Å²) in [5.41, 5.74) is 1.39. The first-order chi connectivity index (χ1) is 7.26. The minimum Gasteiger partial charge on any atom is -0.465 e. The molecule has 0 radical (unpaired) electrons. The Hall–Kier alpha value is -2.17. The standard InChI is InChI=1S/C10H8N2O3/c1-15-10(14)8-3-11-4-9-7(8)2-6(5-13)12-9/h2-5,12H,1H3. The van der Waals surface area contributed by atoms with Crippen molar-refractivity contribution in [1.82, 2.24) is 9.97 Å². The third kappa shape index (κ3) is 1.48. The Kier molecular flexibility index (Phi) is 2.21. The molecule has 0 saturated carbocycles. The Morgan fingerprint density at radius 2 is 2.33 bits per heavy atom. The predicted molar refractivity (Wildman–Crippen MR) is 52.8 cm³/mol. The van der Waals surface area contributed by atoms with Gasteiger partial charge in [-0.1, -0.05) is 0 Å². The number of carbonyl (C=O) groups excluding carboxylic acids is 2. The molecule has 0 aliphatic carbocycles. The maximum absolute atomic E-state index is 11.4. The minimum absolute atomic E-state index is 0.347. The van der Waals surface area contributed by atoms with Crippen molar-refractivity contribution in [2.75, 3.05) is 7.11 Å². The van der Waals surface area contributed by atoms with Crippen LogP contribution in [0.1, 0.15) is 20.8 Å². The molecule has 0 amide bonds. The van der Waals surface area contributed by atoms with Gasteiger partial charge in [0.2, 0.25) is 0 Å². The number of hydrogen-bond acceptors (Lipinski definition) is 4. The zero-order chi connectivity index (χ0) is 10.8. The fourth-order valence-electron chi connectivity index (χ4n) is 1.41. The highest BCUT2D eigenvalue weighted by Crippen LogP contribution is 2.18. The molecule has 2 aromatic rings. The summed E-state index contributed by atoms with van der Waals surface area (Å²) in [6, 6.07) is 1.59.